The molecule has 0 amide bonds. The molecule has 0 heterocycles. The van der Waals surface area contributed by atoms with E-state index in [4.69, 9.17) is 10.9 Å². The van der Waals surface area contributed by atoms with E-state index >= 15 is 0 Å². The fourth-order valence-corrected chi connectivity index (χ4v) is 2.84. The summed E-state index contributed by atoms with van der Waals surface area (Å²) in [5, 5.41) is 8.42. The van der Waals surface area contributed by atoms with Crippen molar-refractivity contribution >= 4 is 21.4 Å². The van der Waals surface area contributed by atoms with Crippen molar-refractivity contribution in [1.29, 1.82) is 0 Å². The lowest BCUT2D eigenvalue weighted by molar-refractivity contribution is 0.438. The van der Waals surface area contributed by atoms with Crippen molar-refractivity contribution in [2.75, 3.05) is 11.1 Å². The molecule has 108 valence electrons. The zero-order valence-corrected chi connectivity index (χ0v) is 12.5. The van der Waals surface area contributed by atoms with E-state index in [1.54, 1.807) is 6.07 Å². The first-order valence-corrected chi connectivity index (χ1v) is 8.02. The summed E-state index contributed by atoms with van der Waals surface area (Å²) in [6.07, 6.45) is 2.13. The molecule has 1 aromatic carbocycles. The van der Waals surface area contributed by atoms with Crippen LogP contribution in [0.2, 0.25) is 0 Å². The summed E-state index contributed by atoms with van der Waals surface area (Å²) < 4.78 is 22.7. The van der Waals surface area contributed by atoms with E-state index in [0.717, 1.165) is 12.8 Å². The zero-order valence-electron chi connectivity index (χ0n) is 11.7. The molecule has 0 aliphatic rings. The van der Waals surface area contributed by atoms with Crippen molar-refractivity contribution in [2.45, 2.75) is 44.6 Å². The van der Waals surface area contributed by atoms with Gasteiger partial charge in [0.15, 0.2) is 0 Å². The third-order valence-electron chi connectivity index (χ3n) is 3.41. The van der Waals surface area contributed by atoms with Gasteiger partial charge in [-0.1, -0.05) is 26.7 Å². The van der Waals surface area contributed by atoms with Crippen LogP contribution in [0.1, 0.15) is 33.6 Å². The molecule has 5 N–H and O–H groups in total. The topological polar surface area (TPSA) is 98.2 Å². The van der Waals surface area contributed by atoms with E-state index < -0.39 is 10.0 Å². The highest BCUT2D eigenvalue weighted by atomic mass is 32.2. The van der Waals surface area contributed by atoms with Crippen molar-refractivity contribution in [3.05, 3.63) is 18.2 Å². The van der Waals surface area contributed by atoms with Crippen LogP contribution in [0.5, 0.6) is 0 Å². The highest BCUT2D eigenvalue weighted by Gasteiger charge is 2.15. The van der Waals surface area contributed by atoms with Gasteiger partial charge < -0.3 is 11.1 Å². The third kappa shape index (κ3) is 4.40. The van der Waals surface area contributed by atoms with Crippen LogP contribution in [0, 0.1) is 5.92 Å². The molecule has 19 heavy (non-hydrogen) atoms. The van der Waals surface area contributed by atoms with Crippen LogP contribution in [0.25, 0.3) is 0 Å². The predicted octanol–water partition coefficient (Wildman–Crippen LogP) is 2.15. The monoisotopic (exact) mass is 285 g/mol. The first-order valence-electron chi connectivity index (χ1n) is 6.47. The first-order chi connectivity index (χ1) is 8.77. The van der Waals surface area contributed by atoms with Gasteiger partial charge in [0.1, 0.15) is 0 Å². The molecule has 0 saturated carbocycles. The molecular weight excluding hydrogens is 262 g/mol. The zero-order chi connectivity index (χ0) is 14.6. The van der Waals surface area contributed by atoms with Crippen molar-refractivity contribution in [2.24, 2.45) is 11.1 Å². The molecule has 0 spiro atoms. The SMILES string of the molecule is CCC(CC)C(C)Nc1cc(N)cc(S(N)(=O)=O)c1. The van der Waals surface area contributed by atoms with Crippen LogP contribution >= 0.6 is 0 Å². The minimum absolute atomic E-state index is 0.0340. The maximum absolute atomic E-state index is 11.4. The molecule has 5 nitrogen and oxygen atoms in total. The average Bonchev–Trinajstić information content (AvgIpc) is 2.28. The van der Waals surface area contributed by atoms with Crippen molar-refractivity contribution in [1.82, 2.24) is 0 Å². The lowest BCUT2D eigenvalue weighted by Gasteiger charge is -2.24. The second kappa shape index (κ2) is 6.25. The lowest BCUT2D eigenvalue weighted by Crippen LogP contribution is -2.25. The Bertz CT molecular complexity index is 525. The van der Waals surface area contributed by atoms with Crippen LogP contribution < -0.4 is 16.2 Å². The Balaban J connectivity index is 2.99. The summed E-state index contributed by atoms with van der Waals surface area (Å²) in [4.78, 5) is 0.0340. The summed E-state index contributed by atoms with van der Waals surface area (Å²) in [6, 6.07) is 4.84. The predicted molar refractivity (Wildman–Crippen MR) is 79.4 cm³/mol. The second-order valence-corrected chi connectivity index (χ2v) is 6.41. The van der Waals surface area contributed by atoms with E-state index in [-0.39, 0.29) is 10.9 Å². The van der Waals surface area contributed by atoms with E-state index in [0.29, 0.717) is 17.3 Å². The maximum atomic E-state index is 11.4. The molecule has 0 aliphatic carbocycles. The number of primary sulfonamides is 1. The van der Waals surface area contributed by atoms with Gasteiger partial charge in [-0.2, -0.15) is 0 Å². The molecule has 6 heteroatoms. The van der Waals surface area contributed by atoms with Gasteiger partial charge >= 0.3 is 0 Å². The molecular formula is C13H23N3O2S. The Morgan fingerprint density at radius 3 is 2.26 bits per heavy atom. The number of benzene rings is 1. The molecule has 1 atom stereocenters. The highest BCUT2D eigenvalue weighted by Crippen LogP contribution is 2.23. The smallest absolute Gasteiger partial charge is 0.238 e. The quantitative estimate of drug-likeness (QED) is 0.697. The molecule has 0 radical (unpaired) electrons. The Hall–Kier alpha value is -1.27. The van der Waals surface area contributed by atoms with Gasteiger partial charge in [0.25, 0.3) is 0 Å². The normalized spacial score (nSPS) is 13.5. The maximum Gasteiger partial charge on any atom is 0.238 e. The molecule has 0 aromatic heterocycles. The van der Waals surface area contributed by atoms with Gasteiger partial charge in [-0.15, -0.1) is 0 Å². The van der Waals surface area contributed by atoms with Crippen molar-refractivity contribution in [3.8, 4) is 0 Å². The second-order valence-electron chi connectivity index (χ2n) is 4.85. The molecule has 0 fully saturated rings. The van der Waals surface area contributed by atoms with Gasteiger partial charge in [0.05, 0.1) is 4.90 Å². The molecule has 1 aromatic rings. The minimum atomic E-state index is -3.73. The number of rotatable bonds is 6. The first kappa shape index (κ1) is 15.8. The minimum Gasteiger partial charge on any atom is -0.399 e. The summed E-state index contributed by atoms with van der Waals surface area (Å²) in [7, 11) is -3.73. The fourth-order valence-electron chi connectivity index (χ4n) is 2.25. The number of hydrogen-bond donors (Lipinski definition) is 3. The lowest BCUT2D eigenvalue weighted by atomic mass is 9.95. The Morgan fingerprint density at radius 2 is 1.79 bits per heavy atom. The van der Waals surface area contributed by atoms with E-state index in [1.807, 2.05) is 0 Å². The Morgan fingerprint density at radius 1 is 1.21 bits per heavy atom. The molecule has 0 bridgehead atoms. The van der Waals surface area contributed by atoms with Gasteiger partial charge in [-0.05, 0) is 31.0 Å². The fraction of sp³-hybridized carbons (Fsp3) is 0.538. The van der Waals surface area contributed by atoms with Gasteiger partial charge in [0.2, 0.25) is 10.0 Å². The van der Waals surface area contributed by atoms with Gasteiger partial charge in [-0.3, -0.25) is 0 Å². The van der Waals surface area contributed by atoms with Crippen LogP contribution in [0.15, 0.2) is 23.1 Å². The Kier molecular flexibility index (Phi) is 5.20. The van der Waals surface area contributed by atoms with Crippen molar-refractivity contribution in [3.63, 3.8) is 0 Å². The van der Waals surface area contributed by atoms with Crippen LogP contribution in [0.4, 0.5) is 11.4 Å². The largest absolute Gasteiger partial charge is 0.399 e. The number of nitrogen functional groups attached to an aromatic ring is 1. The van der Waals surface area contributed by atoms with E-state index in [1.165, 1.54) is 12.1 Å². The molecule has 0 aliphatic heterocycles. The van der Waals surface area contributed by atoms with Crippen molar-refractivity contribution < 1.29 is 8.42 Å². The Labute approximate surface area is 115 Å². The van der Waals surface area contributed by atoms with Crippen LogP contribution in [-0.4, -0.2) is 14.5 Å². The van der Waals surface area contributed by atoms with Crippen LogP contribution in [-0.2, 0) is 10.0 Å². The average molecular weight is 285 g/mol. The molecule has 1 unspecified atom stereocenters. The number of anilines is 2. The number of nitrogens with one attached hydrogen (secondary N) is 1. The standard InChI is InChI=1S/C13H23N3O2S/c1-4-10(5-2)9(3)16-12-6-11(14)7-13(8-12)19(15,17)18/h6-10,16H,4-5,14H2,1-3H3,(H2,15,17,18). The number of hydrogen-bond acceptors (Lipinski definition) is 4. The molecule has 0 saturated heterocycles. The van der Waals surface area contributed by atoms with E-state index in [9.17, 15) is 8.42 Å². The number of sulfonamides is 1. The highest BCUT2D eigenvalue weighted by molar-refractivity contribution is 7.89. The summed E-state index contributed by atoms with van der Waals surface area (Å²) >= 11 is 0. The number of nitrogens with two attached hydrogens (primary N) is 2. The van der Waals surface area contributed by atoms with Gasteiger partial charge in [-0.25, -0.2) is 13.6 Å². The summed E-state index contributed by atoms with van der Waals surface area (Å²) in [6.45, 7) is 6.36. The third-order valence-corrected chi connectivity index (χ3v) is 4.30. The molecule has 1 rings (SSSR count). The summed E-state index contributed by atoms with van der Waals surface area (Å²) in [5.74, 6) is 0.527. The summed E-state index contributed by atoms with van der Waals surface area (Å²) in [5.41, 5.74) is 6.78. The van der Waals surface area contributed by atoms with Crippen LogP contribution in [0.3, 0.4) is 0 Å². The van der Waals surface area contributed by atoms with E-state index in [2.05, 4.69) is 26.1 Å². The van der Waals surface area contributed by atoms with Gasteiger partial charge in [0, 0.05) is 17.4 Å².